The molecule has 0 saturated carbocycles. The fourth-order valence-electron chi connectivity index (χ4n) is 3.62. The Morgan fingerprint density at radius 2 is 1.23 bits per heavy atom. The Hall–Kier alpha value is -3.06. The van der Waals surface area contributed by atoms with Crippen LogP contribution in [0.4, 0.5) is 0 Å². The molecule has 2 aromatic carbocycles. The van der Waals surface area contributed by atoms with Gasteiger partial charge in [-0.3, -0.25) is 9.59 Å². The average molecular weight is 477 g/mol. The molecule has 0 saturated heterocycles. The van der Waals surface area contributed by atoms with Crippen molar-refractivity contribution >= 4 is 5.97 Å². The molecule has 0 atom stereocenters. The summed E-state index contributed by atoms with van der Waals surface area (Å²) in [6.45, 7) is 5.12. The maximum atomic E-state index is 12.3. The molecule has 4 heteroatoms. The molecule has 2 aromatic rings. The van der Waals surface area contributed by atoms with E-state index in [1.165, 1.54) is 50.7 Å². The number of rotatable bonds is 15. The van der Waals surface area contributed by atoms with Crippen LogP contribution in [0.15, 0.2) is 53.3 Å². The van der Waals surface area contributed by atoms with Crippen LogP contribution in [0.2, 0.25) is 0 Å². The monoisotopic (exact) mass is 476 g/mol. The lowest BCUT2D eigenvalue weighted by Gasteiger charge is -2.06. The van der Waals surface area contributed by atoms with Crippen molar-refractivity contribution in [3.63, 3.8) is 0 Å². The van der Waals surface area contributed by atoms with E-state index in [1.807, 2.05) is 24.3 Å². The van der Waals surface area contributed by atoms with Gasteiger partial charge in [0.1, 0.15) is 5.75 Å². The molecule has 4 nitrogen and oxygen atoms in total. The molecule has 0 amide bonds. The molecule has 0 aromatic heterocycles. The van der Waals surface area contributed by atoms with E-state index < -0.39 is 0 Å². The largest absolute Gasteiger partial charge is 0.494 e. The van der Waals surface area contributed by atoms with Crippen LogP contribution in [0.1, 0.15) is 102 Å². The molecule has 188 valence electrons. The normalized spacial score (nSPS) is 10.3. The first-order chi connectivity index (χ1) is 17.1. The molecule has 0 spiro atoms. The third kappa shape index (κ3) is 12.3. The molecule has 0 fully saturated rings. The summed E-state index contributed by atoms with van der Waals surface area (Å²) in [4.78, 5) is 24.3. The van der Waals surface area contributed by atoms with Crippen LogP contribution in [0.25, 0.3) is 0 Å². The van der Waals surface area contributed by atoms with Crippen LogP contribution >= 0.6 is 0 Å². The summed E-state index contributed by atoms with van der Waals surface area (Å²) in [5, 5.41) is 0. The standard InChI is InChI=1S/C31H40O4/c1-3-5-7-9-11-13-25-34-28-21-17-26(18-22-28)15-16-27-19-23-29(32)30(24-20-27)35-31(33)14-12-10-8-6-4-2/h17-24H,3-14,25H2,1-2H3. The number of benzene rings is 1. The smallest absolute Gasteiger partial charge is 0.311 e. The first kappa shape index (κ1) is 28.2. The maximum Gasteiger partial charge on any atom is 0.311 e. The maximum absolute atomic E-state index is 12.3. The molecule has 0 N–H and O–H groups in total. The molecule has 0 aliphatic heterocycles. The Balaban J connectivity index is 1.84. The van der Waals surface area contributed by atoms with Gasteiger partial charge in [0, 0.05) is 17.5 Å². The molecule has 0 bridgehead atoms. The lowest BCUT2D eigenvalue weighted by atomic mass is 10.1. The topological polar surface area (TPSA) is 52.6 Å². The van der Waals surface area contributed by atoms with Crippen molar-refractivity contribution in [3.05, 3.63) is 69.9 Å². The Bertz CT molecular complexity index is 999. The van der Waals surface area contributed by atoms with Gasteiger partial charge in [-0.2, -0.15) is 0 Å². The van der Waals surface area contributed by atoms with E-state index >= 15 is 0 Å². The summed E-state index contributed by atoms with van der Waals surface area (Å²) in [5.41, 5.74) is 1.21. The second-order valence-corrected chi connectivity index (χ2v) is 8.88. The van der Waals surface area contributed by atoms with Crippen LogP contribution in [0.5, 0.6) is 11.5 Å². The molecular weight excluding hydrogens is 436 g/mol. The minimum atomic E-state index is -0.365. The summed E-state index contributed by atoms with van der Waals surface area (Å²) in [6, 6.07) is 14.0. The number of esters is 1. The molecule has 0 unspecified atom stereocenters. The minimum Gasteiger partial charge on any atom is -0.494 e. The van der Waals surface area contributed by atoms with Crippen LogP contribution < -0.4 is 14.9 Å². The van der Waals surface area contributed by atoms with E-state index in [-0.39, 0.29) is 17.1 Å². The van der Waals surface area contributed by atoms with Gasteiger partial charge in [0.15, 0.2) is 5.75 Å². The highest BCUT2D eigenvalue weighted by Crippen LogP contribution is 2.14. The highest BCUT2D eigenvalue weighted by atomic mass is 16.5. The number of hydrogen-bond acceptors (Lipinski definition) is 4. The summed E-state index contributed by atoms with van der Waals surface area (Å²) < 4.78 is 11.1. The zero-order valence-corrected chi connectivity index (χ0v) is 21.4. The second-order valence-electron chi connectivity index (χ2n) is 8.88. The Labute approximate surface area is 211 Å². The van der Waals surface area contributed by atoms with Crippen molar-refractivity contribution in [2.75, 3.05) is 6.61 Å². The van der Waals surface area contributed by atoms with E-state index in [2.05, 4.69) is 25.7 Å². The predicted octanol–water partition coefficient (Wildman–Crippen LogP) is 7.45. The third-order valence-corrected chi connectivity index (χ3v) is 5.75. The van der Waals surface area contributed by atoms with Crippen LogP contribution in [-0.4, -0.2) is 12.6 Å². The number of unbranched alkanes of at least 4 members (excludes halogenated alkanes) is 9. The van der Waals surface area contributed by atoms with Crippen LogP contribution in [0.3, 0.4) is 0 Å². The summed E-state index contributed by atoms with van der Waals surface area (Å²) in [7, 11) is 0. The average Bonchev–Trinajstić information content (AvgIpc) is 3.04. The molecule has 0 radical (unpaired) electrons. The fourth-order valence-corrected chi connectivity index (χ4v) is 3.62. The number of ether oxygens (including phenoxy) is 2. The Morgan fingerprint density at radius 1 is 0.686 bits per heavy atom. The second kappa shape index (κ2) is 17.4. The van der Waals surface area contributed by atoms with Crippen molar-refractivity contribution in [2.24, 2.45) is 0 Å². The highest BCUT2D eigenvalue weighted by molar-refractivity contribution is 5.72. The predicted molar refractivity (Wildman–Crippen MR) is 143 cm³/mol. The van der Waals surface area contributed by atoms with Gasteiger partial charge in [-0.1, -0.05) is 83.5 Å². The molecule has 35 heavy (non-hydrogen) atoms. The first-order valence-corrected chi connectivity index (χ1v) is 13.2. The van der Waals surface area contributed by atoms with E-state index in [4.69, 9.17) is 9.47 Å². The summed E-state index contributed by atoms with van der Waals surface area (Å²) in [5.74, 6) is 6.71. The van der Waals surface area contributed by atoms with Gasteiger partial charge in [-0.05, 0) is 61.4 Å². The number of hydrogen-bond donors (Lipinski definition) is 0. The zero-order chi connectivity index (χ0) is 25.1. The quantitative estimate of drug-likeness (QED) is 0.152. The molecule has 0 aliphatic rings. The van der Waals surface area contributed by atoms with E-state index in [1.54, 1.807) is 12.1 Å². The number of carbonyl (C=O) groups is 1. The zero-order valence-electron chi connectivity index (χ0n) is 21.4. The van der Waals surface area contributed by atoms with Gasteiger partial charge in [-0.15, -0.1) is 0 Å². The van der Waals surface area contributed by atoms with Crippen molar-refractivity contribution in [3.8, 4) is 23.3 Å². The molecule has 2 rings (SSSR count). The van der Waals surface area contributed by atoms with E-state index in [9.17, 15) is 9.59 Å². The van der Waals surface area contributed by atoms with Gasteiger partial charge in [0.05, 0.1) is 6.61 Å². The van der Waals surface area contributed by atoms with Crippen LogP contribution in [0, 0.1) is 11.8 Å². The summed E-state index contributed by atoms with van der Waals surface area (Å²) >= 11 is 0. The fraction of sp³-hybridized carbons (Fsp3) is 0.484. The minimum absolute atomic E-state index is 0.0449. The van der Waals surface area contributed by atoms with Crippen LogP contribution in [-0.2, 0) is 4.79 Å². The van der Waals surface area contributed by atoms with Gasteiger partial charge < -0.3 is 9.47 Å². The van der Waals surface area contributed by atoms with Gasteiger partial charge in [0.25, 0.3) is 0 Å². The molecule has 0 aliphatic carbocycles. The summed E-state index contributed by atoms with van der Waals surface area (Å²) in [6.07, 6.45) is 13.0. The lowest BCUT2D eigenvalue weighted by molar-refractivity contribution is -0.134. The van der Waals surface area contributed by atoms with E-state index in [0.29, 0.717) is 12.0 Å². The lowest BCUT2D eigenvalue weighted by Crippen LogP contribution is -2.12. The Kier molecular flexibility index (Phi) is 14.0. The highest BCUT2D eigenvalue weighted by Gasteiger charge is 2.07. The van der Waals surface area contributed by atoms with Crippen molar-refractivity contribution in [1.29, 1.82) is 0 Å². The number of carbonyl (C=O) groups excluding carboxylic acids is 1. The van der Waals surface area contributed by atoms with Gasteiger partial charge in [0.2, 0.25) is 5.43 Å². The third-order valence-electron chi connectivity index (χ3n) is 5.75. The van der Waals surface area contributed by atoms with Crippen molar-refractivity contribution in [2.45, 2.75) is 90.9 Å². The van der Waals surface area contributed by atoms with E-state index in [0.717, 1.165) is 50.0 Å². The van der Waals surface area contributed by atoms with Crippen molar-refractivity contribution < 1.29 is 14.3 Å². The molecular formula is C31H40O4. The first-order valence-electron chi connectivity index (χ1n) is 13.2. The van der Waals surface area contributed by atoms with Gasteiger partial charge >= 0.3 is 5.97 Å². The molecule has 0 heterocycles. The Morgan fingerprint density at radius 3 is 1.89 bits per heavy atom. The van der Waals surface area contributed by atoms with Gasteiger partial charge in [-0.25, -0.2) is 0 Å². The van der Waals surface area contributed by atoms with Crippen molar-refractivity contribution in [1.82, 2.24) is 0 Å². The SMILES string of the molecule is CCCCCCCCOc1ccc(C#Cc2ccc(OC(=O)CCCCCCC)c(=O)cc2)cc1.